The van der Waals surface area contributed by atoms with Gasteiger partial charge in [0.15, 0.2) is 5.53 Å². The van der Waals surface area contributed by atoms with E-state index in [0.717, 1.165) is 23.2 Å². The summed E-state index contributed by atoms with van der Waals surface area (Å²) in [5.74, 6) is 0. The lowest BCUT2D eigenvalue weighted by Gasteiger charge is -2.41. The van der Waals surface area contributed by atoms with Crippen LogP contribution < -0.4 is 5.32 Å². The molecule has 0 atom stereocenters. The molecule has 0 unspecified atom stereocenters. The summed E-state index contributed by atoms with van der Waals surface area (Å²) >= 11 is 0. The van der Waals surface area contributed by atoms with Gasteiger partial charge in [0.25, 0.3) is 0 Å². The molecule has 1 N–H and O–H groups in total. The van der Waals surface area contributed by atoms with Gasteiger partial charge in [-0.25, -0.2) is 0 Å². The van der Waals surface area contributed by atoms with Crippen LogP contribution in [0.1, 0.15) is 61.3 Å². The Morgan fingerprint density at radius 1 is 0.941 bits per heavy atom. The maximum absolute atomic E-state index is 6.08. The lowest BCUT2D eigenvalue weighted by atomic mass is 10.2. The number of hydrogen-bond acceptors (Lipinski definition) is 3. The molecule has 0 fully saturated rings. The largest absolute Gasteiger partial charge is 0.336 e. The molecule has 0 radical (unpaired) electrons. The summed E-state index contributed by atoms with van der Waals surface area (Å²) in [5.41, 5.74) is -0.996. The van der Waals surface area contributed by atoms with Gasteiger partial charge < -0.3 is 9.47 Å². The lowest BCUT2D eigenvalue weighted by molar-refractivity contribution is -0.278. The molecule has 17 heavy (non-hydrogen) atoms. The molecule has 0 heterocycles. The van der Waals surface area contributed by atoms with Crippen molar-refractivity contribution in [2.24, 2.45) is 0 Å². The van der Waals surface area contributed by atoms with Crippen molar-refractivity contribution in [3.8, 4) is 0 Å². The topological polar surface area (TPSA) is 30.5 Å². The highest BCUT2D eigenvalue weighted by Crippen LogP contribution is 2.22. The smallest absolute Gasteiger partial charge is 0.195 e. The summed E-state index contributed by atoms with van der Waals surface area (Å²) in [4.78, 5) is 0. The predicted molar refractivity (Wildman–Crippen MR) is 77.3 cm³/mol. The monoisotopic (exact) mass is 261 g/mol. The first-order valence-electron chi connectivity index (χ1n) is 6.63. The van der Waals surface area contributed by atoms with E-state index in [0.29, 0.717) is 0 Å². The first kappa shape index (κ1) is 17.1. The molecule has 0 aliphatic rings. The van der Waals surface area contributed by atoms with E-state index in [4.69, 9.17) is 9.47 Å². The van der Waals surface area contributed by atoms with Gasteiger partial charge in [-0.3, -0.25) is 5.32 Å². The van der Waals surface area contributed by atoms with E-state index in [1.54, 1.807) is 0 Å². The normalized spacial score (nSPS) is 14.3. The Labute approximate surface area is 110 Å². The van der Waals surface area contributed by atoms with Crippen LogP contribution in [0.3, 0.4) is 0 Å². The minimum Gasteiger partial charge on any atom is -0.336 e. The summed E-state index contributed by atoms with van der Waals surface area (Å²) in [7, 11) is 0.791. The van der Waals surface area contributed by atoms with E-state index in [1.807, 2.05) is 0 Å². The van der Waals surface area contributed by atoms with Crippen LogP contribution in [0.25, 0.3) is 0 Å². The molecule has 0 aliphatic heterocycles. The summed E-state index contributed by atoms with van der Waals surface area (Å²) in [6.45, 7) is 15.5. The van der Waals surface area contributed by atoms with E-state index in [1.165, 1.54) is 6.42 Å². The van der Waals surface area contributed by atoms with Crippen LogP contribution in [0.2, 0.25) is 0 Å². The quantitative estimate of drug-likeness (QED) is 0.450. The third-order valence-corrected chi connectivity index (χ3v) is 2.74. The summed E-state index contributed by atoms with van der Waals surface area (Å²) in [5, 5.41) is 3.43. The fourth-order valence-corrected chi connectivity index (χ4v) is 3.23. The lowest BCUT2D eigenvalue weighted by Crippen LogP contribution is -2.57. The minimum atomic E-state index is -0.592. The highest BCUT2D eigenvalue weighted by atomic mass is 28.1. The third-order valence-electron chi connectivity index (χ3n) is 1.98. The van der Waals surface area contributed by atoms with Crippen molar-refractivity contribution in [1.29, 1.82) is 0 Å². The van der Waals surface area contributed by atoms with Crippen molar-refractivity contribution in [3.63, 3.8) is 0 Å². The van der Waals surface area contributed by atoms with Gasteiger partial charge in [-0.15, -0.1) is 0 Å². The standard InChI is InChI=1S/C13H31NO2Si/c1-8-9-10-14-13(17,15-11(2,3)4)16-12(5,6)7/h14H,8-10H2,1-7,17H3. The van der Waals surface area contributed by atoms with Gasteiger partial charge in [-0.1, -0.05) is 13.3 Å². The number of hydrogen-bond donors (Lipinski definition) is 1. The molecule has 0 aromatic carbocycles. The zero-order valence-electron chi connectivity index (χ0n) is 12.9. The van der Waals surface area contributed by atoms with Crippen LogP contribution >= 0.6 is 0 Å². The van der Waals surface area contributed by atoms with Gasteiger partial charge >= 0.3 is 0 Å². The van der Waals surface area contributed by atoms with E-state index in [-0.39, 0.29) is 11.2 Å². The second kappa shape index (κ2) is 6.32. The minimum absolute atomic E-state index is 0.202. The Hall–Kier alpha value is 0.0969. The SMILES string of the molecule is CCCCNC([SiH3])(OC(C)(C)C)OC(C)(C)C. The van der Waals surface area contributed by atoms with Crippen LogP contribution in [0.5, 0.6) is 0 Å². The first-order chi connectivity index (χ1) is 7.47. The fraction of sp³-hybridized carbons (Fsp3) is 1.00. The zero-order chi connectivity index (χ0) is 13.7. The molecular formula is C13H31NO2Si. The van der Waals surface area contributed by atoms with E-state index < -0.39 is 5.53 Å². The van der Waals surface area contributed by atoms with E-state index >= 15 is 0 Å². The molecule has 0 spiro atoms. The van der Waals surface area contributed by atoms with E-state index in [9.17, 15) is 0 Å². The molecule has 0 aromatic heterocycles. The van der Waals surface area contributed by atoms with Gasteiger partial charge in [0, 0.05) is 0 Å². The highest BCUT2D eigenvalue weighted by molar-refractivity contribution is 6.13. The number of nitrogens with one attached hydrogen (secondary N) is 1. The number of rotatable bonds is 6. The summed E-state index contributed by atoms with van der Waals surface area (Å²) in [6.07, 6.45) is 2.32. The summed E-state index contributed by atoms with van der Waals surface area (Å²) in [6, 6.07) is 0. The van der Waals surface area contributed by atoms with Crippen molar-refractivity contribution in [1.82, 2.24) is 5.32 Å². The molecule has 0 amide bonds. The molecule has 0 saturated carbocycles. The second-order valence-corrected chi connectivity index (χ2v) is 7.97. The molecular weight excluding hydrogens is 230 g/mol. The maximum atomic E-state index is 6.08. The zero-order valence-corrected chi connectivity index (χ0v) is 14.9. The van der Waals surface area contributed by atoms with Gasteiger partial charge in [-0.05, 0) is 54.5 Å². The van der Waals surface area contributed by atoms with Crippen LogP contribution in [0.15, 0.2) is 0 Å². The molecule has 104 valence electrons. The van der Waals surface area contributed by atoms with Crippen molar-refractivity contribution >= 4 is 10.2 Å². The Balaban J connectivity index is 4.57. The number of unbranched alkanes of at least 4 members (excludes halogenated alkanes) is 1. The highest BCUT2D eigenvalue weighted by Gasteiger charge is 2.34. The molecule has 0 saturated heterocycles. The molecule has 0 rings (SSSR count). The van der Waals surface area contributed by atoms with E-state index in [2.05, 4.69) is 53.8 Å². The van der Waals surface area contributed by atoms with Gasteiger partial charge in [0.1, 0.15) is 0 Å². The second-order valence-electron chi connectivity index (χ2n) is 6.65. The van der Waals surface area contributed by atoms with Gasteiger partial charge in [0.2, 0.25) is 0 Å². The fourth-order valence-electron chi connectivity index (χ4n) is 1.75. The van der Waals surface area contributed by atoms with Crippen molar-refractivity contribution in [2.45, 2.75) is 78.0 Å². The van der Waals surface area contributed by atoms with Gasteiger partial charge in [-0.2, -0.15) is 0 Å². The van der Waals surface area contributed by atoms with Crippen molar-refractivity contribution in [3.05, 3.63) is 0 Å². The molecule has 0 bridgehead atoms. The Bertz CT molecular complexity index is 202. The van der Waals surface area contributed by atoms with Crippen LogP contribution in [0.4, 0.5) is 0 Å². The average Bonchev–Trinajstić information content (AvgIpc) is 1.96. The third kappa shape index (κ3) is 9.77. The molecule has 0 aliphatic carbocycles. The Morgan fingerprint density at radius 3 is 1.65 bits per heavy atom. The molecule has 4 heteroatoms. The van der Waals surface area contributed by atoms with Crippen LogP contribution in [-0.2, 0) is 9.47 Å². The molecule has 0 aromatic rings. The summed E-state index contributed by atoms with van der Waals surface area (Å²) < 4.78 is 12.2. The van der Waals surface area contributed by atoms with Crippen molar-refractivity contribution in [2.75, 3.05) is 6.54 Å². The Morgan fingerprint density at radius 2 is 1.35 bits per heavy atom. The maximum Gasteiger partial charge on any atom is 0.195 e. The average molecular weight is 261 g/mol. The predicted octanol–water partition coefficient (Wildman–Crippen LogP) is 1.98. The van der Waals surface area contributed by atoms with Gasteiger partial charge in [0.05, 0.1) is 21.4 Å². The molecule has 3 nitrogen and oxygen atoms in total. The Kier molecular flexibility index (Phi) is 6.35. The number of ether oxygens (including phenoxy) is 2. The first-order valence-corrected chi connectivity index (χ1v) is 7.63. The van der Waals surface area contributed by atoms with Crippen molar-refractivity contribution < 1.29 is 9.47 Å². The van der Waals surface area contributed by atoms with Crippen LogP contribution in [0, 0.1) is 0 Å². The van der Waals surface area contributed by atoms with Crippen LogP contribution in [-0.4, -0.2) is 33.5 Å².